The minimum absolute atomic E-state index is 0.138. The fourth-order valence-corrected chi connectivity index (χ4v) is 2.51. The van der Waals surface area contributed by atoms with Crippen molar-refractivity contribution < 1.29 is 0 Å². The summed E-state index contributed by atoms with van der Waals surface area (Å²) in [5, 5.41) is 1.11. The molecule has 0 saturated heterocycles. The number of benzene rings is 2. The predicted octanol–water partition coefficient (Wildman–Crippen LogP) is 4.05. The minimum Gasteiger partial charge on any atom is -0.320 e. The van der Waals surface area contributed by atoms with E-state index in [2.05, 4.69) is 33.0 Å². The Hall–Kier alpha value is -1.71. The lowest BCUT2D eigenvalue weighted by Gasteiger charge is -2.15. The van der Waals surface area contributed by atoms with Crippen LogP contribution in [0.15, 0.2) is 65.3 Å². The van der Waals surface area contributed by atoms with Gasteiger partial charge in [-0.3, -0.25) is 4.98 Å². The number of pyridine rings is 1. The molecule has 1 unspecified atom stereocenters. The Labute approximate surface area is 120 Å². The number of halogens is 1. The summed E-state index contributed by atoms with van der Waals surface area (Å²) in [6.45, 7) is 0. The summed E-state index contributed by atoms with van der Waals surface area (Å²) in [5.74, 6) is 0. The summed E-state index contributed by atoms with van der Waals surface area (Å²) < 4.78 is 1.06. The first kappa shape index (κ1) is 12.3. The molecule has 3 rings (SSSR count). The Morgan fingerprint density at radius 2 is 1.74 bits per heavy atom. The van der Waals surface area contributed by atoms with Gasteiger partial charge in [-0.15, -0.1) is 0 Å². The molecule has 1 aromatic heterocycles. The molecule has 0 fully saturated rings. The molecule has 0 radical (unpaired) electrons. The topological polar surface area (TPSA) is 38.9 Å². The molecule has 0 amide bonds. The second-order valence-electron chi connectivity index (χ2n) is 4.45. The maximum absolute atomic E-state index is 6.39. The van der Waals surface area contributed by atoms with Gasteiger partial charge in [-0.2, -0.15) is 0 Å². The Balaban J connectivity index is 2.11. The molecule has 0 aliphatic carbocycles. The van der Waals surface area contributed by atoms with Gasteiger partial charge in [0.25, 0.3) is 0 Å². The van der Waals surface area contributed by atoms with E-state index in [-0.39, 0.29) is 6.04 Å². The first-order chi connectivity index (χ1) is 9.25. The lowest BCUT2D eigenvalue weighted by atomic mass is 9.96. The second-order valence-corrected chi connectivity index (χ2v) is 5.36. The van der Waals surface area contributed by atoms with Crippen LogP contribution < -0.4 is 5.73 Å². The number of rotatable bonds is 2. The maximum atomic E-state index is 6.39. The summed E-state index contributed by atoms with van der Waals surface area (Å²) in [6, 6.07) is 18.1. The van der Waals surface area contributed by atoms with E-state index in [0.29, 0.717) is 0 Å². The van der Waals surface area contributed by atoms with E-state index in [1.165, 1.54) is 0 Å². The van der Waals surface area contributed by atoms with E-state index in [0.717, 1.165) is 26.5 Å². The third kappa shape index (κ3) is 2.39. The zero-order chi connectivity index (χ0) is 13.2. The van der Waals surface area contributed by atoms with Crippen molar-refractivity contribution >= 4 is 26.8 Å². The molecule has 1 atom stereocenters. The van der Waals surface area contributed by atoms with E-state index >= 15 is 0 Å². The van der Waals surface area contributed by atoms with Crippen molar-refractivity contribution in [2.45, 2.75) is 6.04 Å². The van der Waals surface area contributed by atoms with Crippen LogP contribution in [0.2, 0.25) is 0 Å². The molecule has 1 heterocycles. The molecule has 0 aliphatic heterocycles. The highest BCUT2D eigenvalue weighted by atomic mass is 79.9. The van der Waals surface area contributed by atoms with E-state index in [1.807, 2.05) is 42.5 Å². The summed E-state index contributed by atoms with van der Waals surface area (Å²) in [7, 11) is 0. The molecule has 2 nitrogen and oxygen atoms in total. The number of nitrogens with zero attached hydrogens (tertiary/aromatic N) is 1. The predicted molar refractivity (Wildman–Crippen MR) is 81.9 cm³/mol. The van der Waals surface area contributed by atoms with Crippen LogP contribution in [0.25, 0.3) is 10.9 Å². The first-order valence-electron chi connectivity index (χ1n) is 6.10. The number of nitrogens with two attached hydrogens (primary N) is 1. The van der Waals surface area contributed by atoms with E-state index in [9.17, 15) is 0 Å². The highest BCUT2D eigenvalue weighted by Crippen LogP contribution is 2.27. The third-order valence-corrected chi connectivity index (χ3v) is 3.77. The van der Waals surface area contributed by atoms with Gasteiger partial charge in [-0.05, 0) is 35.4 Å². The molecular formula is C16H13BrN2. The second kappa shape index (κ2) is 5.11. The summed E-state index contributed by atoms with van der Waals surface area (Å²) in [4.78, 5) is 4.37. The average molecular weight is 313 g/mol. The van der Waals surface area contributed by atoms with Crippen molar-refractivity contribution in [3.05, 3.63) is 76.4 Å². The molecule has 19 heavy (non-hydrogen) atoms. The molecule has 94 valence electrons. The van der Waals surface area contributed by atoms with Gasteiger partial charge >= 0.3 is 0 Å². The number of hydrogen-bond acceptors (Lipinski definition) is 2. The minimum atomic E-state index is -0.138. The van der Waals surface area contributed by atoms with E-state index in [4.69, 9.17) is 5.73 Å². The number of aromatic nitrogens is 1. The van der Waals surface area contributed by atoms with Gasteiger partial charge in [0.1, 0.15) is 0 Å². The number of fused-ring (bicyclic) bond motifs is 1. The van der Waals surface area contributed by atoms with E-state index < -0.39 is 0 Å². The van der Waals surface area contributed by atoms with Crippen molar-refractivity contribution in [1.29, 1.82) is 0 Å². The van der Waals surface area contributed by atoms with Crippen LogP contribution in [0, 0.1) is 0 Å². The highest BCUT2D eigenvalue weighted by molar-refractivity contribution is 9.10. The highest BCUT2D eigenvalue weighted by Gasteiger charge is 2.12. The molecule has 2 aromatic carbocycles. The molecule has 0 saturated carbocycles. The number of hydrogen-bond donors (Lipinski definition) is 1. The molecule has 0 spiro atoms. The van der Waals surface area contributed by atoms with Crippen LogP contribution >= 0.6 is 15.9 Å². The standard InChI is InChI=1S/C16H13BrN2/c17-12-8-6-11(7-9-12)16(18)14-3-1-5-15-13(14)4-2-10-19-15/h1-10,16H,18H2. The molecule has 0 aliphatic rings. The largest absolute Gasteiger partial charge is 0.320 e. The van der Waals surface area contributed by atoms with Crippen molar-refractivity contribution in [2.24, 2.45) is 5.73 Å². The quantitative estimate of drug-likeness (QED) is 0.775. The Bertz CT molecular complexity index is 702. The van der Waals surface area contributed by atoms with Gasteiger partial charge < -0.3 is 5.73 Å². The van der Waals surface area contributed by atoms with Crippen LogP contribution in [-0.2, 0) is 0 Å². The SMILES string of the molecule is NC(c1ccc(Br)cc1)c1cccc2ncccc12. The smallest absolute Gasteiger partial charge is 0.0705 e. The lowest BCUT2D eigenvalue weighted by Crippen LogP contribution is -2.12. The fraction of sp³-hybridized carbons (Fsp3) is 0.0625. The zero-order valence-electron chi connectivity index (χ0n) is 10.3. The van der Waals surface area contributed by atoms with Gasteiger partial charge in [0.15, 0.2) is 0 Å². The van der Waals surface area contributed by atoms with Gasteiger partial charge in [-0.25, -0.2) is 0 Å². The van der Waals surface area contributed by atoms with Crippen LogP contribution in [0.5, 0.6) is 0 Å². The normalized spacial score (nSPS) is 12.5. The van der Waals surface area contributed by atoms with Crippen molar-refractivity contribution in [3.63, 3.8) is 0 Å². The van der Waals surface area contributed by atoms with Crippen molar-refractivity contribution in [2.75, 3.05) is 0 Å². The summed E-state index contributed by atoms with van der Waals surface area (Å²) in [6.07, 6.45) is 1.80. The van der Waals surface area contributed by atoms with E-state index in [1.54, 1.807) is 6.20 Å². The summed E-state index contributed by atoms with van der Waals surface area (Å²) >= 11 is 3.44. The zero-order valence-corrected chi connectivity index (χ0v) is 11.8. The average Bonchev–Trinajstić information content (AvgIpc) is 2.47. The van der Waals surface area contributed by atoms with Crippen molar-refractivity contribution in [3.8, 4) is 0 Å². The van der Waals surface area contributed by atoms with Crippen LogP contribution in [0.1, 0.15) is 17.2 Å². The third-order valence-electron chi connectivity index (χ3n) is 3.24. The monoisotopic (exact) mass is 312 g/mol. The van der Waals surface area contributed by atoms with Gasteiger partial charge in [-0.1, -0.05) is 46.3 Å². The molecule has 3 aromatic rings. The molecule has 3 heteroatoms. The Morgan fingerprint density at radius 1 is 0.947 bits per heavy atom. The Kier molecular flexibility index (Phi) is 3.32. The first-order valence-corrected chi connectivity index (χ1v) is 6.90. The maximum Gasteiger partial charge on any atom is 0.0705 e. The molecular weight excluding hydrogens is 300 g/mol. The Morgan fingerprint density at radius 3 is 2.53 bits per heavy atom. The lowest BCUT2D eigenvalue weighted by molar-refractivity contribution is 0.880. The van der Waals surface area contributed by atoms with Crippen molar-refractivity contribution in [1.82, 2.24) is 4.98 Å². The molecule has 2 N–H and O–H groups in total. The van der Waals surface area contributed by atoms with Crippen LogP contribution in [-0.4, -0.2) is 4.98 Å². The van der Waals surface area contributed by atoms with Gasteiger partial charge in [0, 0.05) is 16.1 Å². The van der Waals surface area contributed by atoms with Crippen LogP contribution in [0.3, 0.4) is 0 Å². The van der Waals surface area contributed by atoms with Gasteiger partial charge in [0.2, 0.25) is 0 Å². The van der Waals surface area contributed by atoms with Gasteiger partial charge in [0.05, 0.1) is 11.6 Å². The summed E-state index contributed by atoms with van der Waals surface area (Å²) in [5.41, 5.74) is 9.57. The molecule has 0 bridgehead atoms. The fourth-order valence-electron chi connectivity index (χ4n) is 2.25. The van der Waals surface area contributed by atoms with Crippen LogP contribution in [0.4, 0.5) is 0 Å².